The Hall–Kier alpha value is -1.36. The first-order valence-corrected chi connectivity index (χ1v) is 5.22. The summed E-state index contributed by atoms with van der Waals surface area (Å²) in [6.07, 6.45) is 2.64. The van der Waals surface area contributed by atoms with Crippen molar-refractivity contribution in [1.82, 2.24) is 9.97 Å². The maximum absolute atomic E-state index is 5.40. The number of ether oxygens (including phenoxy) is 1. The van der Waals surface area contributed by atoms with Crippen molar-refractivity contribution in [3.8, 4) is 0 Å². The molecular weight excluding hydrogens is 192 g/mol. The van der Waals surface area contributed by atoms with Crippen LogP contribution in [0.25, 0.3) is 0 Å². The van der Waals surface area contributed by atoms with Gasteiger partial charge in [0.1, 0.15) is 18.0 Å². The van der Waals surface area contributed by atoms with Gasteiger partial charge in [0.25, 0.3) is 0 Å². The summed E-state index contributed by atoms with van der Waals surface area (Å²) in [7, 11) is 1.86. The van der Waals surface area contributed by atoms with Gasteiger partial charge >= 0.3 is 0 Å². The summed E-state index contributed by atoms with van der Waals surface area (Å²) in [4.78, 5) is 10.6. The molecule has 0 aromatic carbocycles. The second-order valence-electron chi connectivity index (χ2n) is 3.46. The van der Waals surface area contributed by atoms with E-state index in [9.17, 15) is 0 Å². The summed E-state index contributed by atoms with van der Waals surface area (Å²) < 4.78 is 5.40. The van der Waals surface area contributed by atoms with Crippen LogP contribution in [0.1, 0.15) is 6.42 Å². The number of nitrogens with zero attached hydrogens (tertiary/aromatic N) is 3. The molecule has 1 saturated heterocycles. The third-order valence-corrected chi connectivity index (χ3v) is 2.46. The molecule has 82 valence electrons. The normalized spacial score (nSPS) is 17.3. The molecule has 1 aromatic rings. The molecule has 0 spiro atoms. The highest BCUT2D eigenvalue weighted by Gasteiger charge is 2.11. The van der Waals surface area contributed by atoms with Crippen molar-refractivity contribution < 1.29 is 4.74 Å². The van der Waals surface area contributed by atoms with Crippen molar-refractivity contribution in [2.45, 2.75) is 6.42 Å². The number of nitrogens with one attached hydrogen (secondary N) is 1. The fourth-order valence-electron chi connectivity index (χ4n) is 1.63. The zero-order chi connectivity index (χ0) is 10.5. The molecule has 1 N–H and O–H groups in total. The van der Waals surface area contributed by atoms with E-state index >= 15 is 0 Å². The lowest BCUT2D eigenvalue weighted by Gasteiger charge is -2.20. The van der Waals surface area contributed by atoms with E-state index in [1.807, 2.05) is 13.1 Å². The molecule has 0 atom stereocenters. The van der Waals surface area contributed by atoms with Gasteiger partial charge in [-0.25, -0.2) is 9.97 Å². The summed E-state index contributed by atoms with van der Waals surface area (Å²) in [5, 5.41) is 3.01. The zero-order valence-electron chi connectivity index (χ0n) is 8.94. The van der Waals surface area contributed by atoms with Gasteiger partial charge in [0.15, 0.2) is 0 Å². The topological polar surface area (TPSA) is 50.3 Å². The van der Waals surface area contributed by atoms with Crippen LogP contribution in [0.3, 0.4) is 0 Å². The highest BCUT2D eigenvalue weighted by atomic mass is 16.5. The molecule has 0 bridgehead atoms. The van der Waals surface area contributed by atoms with Crippen LogP contribution in [0.2, 0.25) is 0 Å². The van der Waals surface area contributed by atoms with Gasteiger partial charge in [-0.1, -0.05) is 0 Å². The summed E-state index contributed by atoms with van der Waals surface area (Å²) in [5.41, 5.74) is 0. The van der Waals surface area contributed by atoms with E-state index in [1.54, 1.807) is 6.33 Å². The summed E-state index contributed by atoms with van der Waals surface area (Å²) >= 11 is 0. The monoisotopic (exact) mass is 208 g/mol. The molecule has 2 rings (SSSR count). The van der Waals surface area contributed by atoms with E-state index in [2.05, 4.69) is 20.2 Å². The fraction of sp³-hybridized carbons (Fsp3) is 0.600. The molecule has 2 heterocycles. The van der Waals surface area contributed by atoms with Crippen molar-refractivity contribution in [3.05, 3.63) is 12.4 Å². The number of hydrogen-bond donors (Lipinski definition) is 1. The maximum Gasteiger partial charge on any atom is 0.134 e. The third kappa shape index (κ3) is 2.56. The molecule has 0 saturated carbocycles. The first-order chi connectivity index (χ1) is 7.40. The minimum atomic E-state index is 0.777. The van der Waals surface area contributed by atoms with E-state index in [0.717, 1.165) is 44.4 Å². The van der Waals surface area contributed by atoms with Gasteiger partial charge in [0.05, 0.1) is 6.61 Å². The number of aromatic nitrogens is 2. The minimum Gasteiger partial charge on any atom is -0.380 e. The zero-order valence-corrected chi connectivity index (χ0v) is 8.94. The fourth-order valence-corrected chi connectivity index (χ4v) is 1.63. The summed E-state index contributed by atoms with van der Waals surface area (Å²) in [5.74, 6) is 1.82. The Kier molecular flexibility index (Phi) is 3.34. The van der Waals surface area contributed by atoms with Crippen molar-refractivity contribution in [2.75, 3.05) is 43.6 Å². The standard InChI is InChI=1S/C10H16N4O/c1-11-9-7-10(13-8-12-9)14-3-2-5-15-6-4-14/h7-8H,2-6H2,1H3,(H,11,12,13). The van der Waals surface area contributed by atoms with Crippen LogP contribution in [0.15, 0.2) is 12.4 Å². The molecule has 0 amide bonds. The predicted molar refractivity (Wildman–Crippen MR) is 59.2 cm³/mol. The molecule has 15 heavy (non-hydrogen) atoms. The first kappa shape index (κ1) is 10.2. The SMILES string of the molecule is CNc1cc(N2CCCOCC2)ncn1. The lowest BCUT2D eigenvalue weighted by Crippen LogP contribution is -2.26. The van der Waals surface area contributed by atoms with Crippen LogP contribution >= 0.6 is 0 Å². The second-order valence-corrected chi connectivity index (χ2v) is 3.46. The smallest absolute Gasteiger partial charge is 0.134 e. The van der Waals surface area contributed by atoms with Crippen LogP contribution in [0.4, 0.5) is 11.6 Å². The summed E-state index contributed by atoms with van der Waals surface area (Å²) in [6, 6.07) is 1.96. The molecule has 0 radical (unpaired) electrons. The maximum atomic E-state index is 5.40. The van der Waals surface area contributed by atoms with Crippen LogP contribution < -0.4 is 10.2 Å². The Morgan fingerprint density at radius 1 is 1.33 bits per heavy atom. The van der Waals surface area contributed by atoms with Gasteiger partial charge in [-0.05, 0) is 6.42 Å². The quantitative estimate of drug-likeness (QED) is 0.777. The van der Waals surface area contributed by atoms with Gasteiger partial charge < -0.3 is 15.0 Å². The Bertz CT molecular complexity index is 310. The lowest BCUT2D eigenvalue weighted by atomic mass is 10.4. The van der Waals surface area contributed by atoms with Gasteiger partial charge in [0, 0.05) is 32.8 Å². The van der Waals surface area contributed by atoms with E-state index in [4.69, 9.17) is 4.74 Å². The predicted octanol–water partition coefficient (Wildman–Crippen LogP) is 0.745. The molecule has 1 aliphatic rings. The van der Waals surface area contributed by atoms with E-state index in [-0.39, 0.29) is 0 Å². The van der Waals surface area contributed by atoms with Crippen molar-refractivity contribution in [3.63, 3.8) is 0 Å². The molecule has 1 aliphatic heterocycles. The second kappa shape index (κ2) is 4.93. The summed E-state index contributed by atoms with van der Waals surface area (Å²) in [6.45, 7) is 3.53. The lowest BCUT2D eigenvalue weighted by molar-refractivity contribution is 0.152. The van der Waals surface area contributed by atoms with Gasteiger partial charge in [-0.3, -0.25) is 0 Å². The van der Waals surface area contributed by atoms with Gasteiger partial charge in [-0.2, -0.15) is 0 Å². The molecule has 1 fully saturated rings. The average Bonchev–Trinajstić information content (AvgIpc) is 2.58. The minimum absolute atomic E-state index is 0.777. The average molecular weight is 208 g/mol. The molecule has 1 aromatic heterocycles. The Labute approximate surface area is 89.5 Å². The van der Waals surface area contributed by atoms with E-state index < -0.39 is 0 Å². The van der Waals surface area contributed by atoms with E-state index in [1.165, 1.54) is 0 Å². The highest BCUT2D eigenvalue weighted by Crippen LogP contribution is 2.14. The highest BCUT2D eigenvalue weighted by molar-refractivity contribution is 5.48. The number of anilines is 2. The van der Waals surface area contributed by atoms with Crippen molar-refractivity contribution in [1.29, 1.82) is 0 Å². The van der Waals surface area contributed by atoms with Crippen LogP contribution in [-0.2, 0) is 4.74 Å². The Morgan fingerprint density at radius 2 is 2.27 bits per heavy atom. The largest absolute Gasteiger partial charge is 0.380 e. The Morgan fingerprint density at radius 3 is 3.13 bits per heavy atom. The van der Waals surface area contributed by atoms with Crippen molar-refractivity contribution in [2.24, 2.45) is 0 Å². The third-order valence-electron chi connectivity index (χ3n) is 2.46. The van der Waals surface area contributed by atoms with E-state index in [0.29, 0.717) is 0 Å². The number of rotatable bonds is 2. The van der Waals surface area contributed by atoms with Gasteiger partial charge in [0.2, 0.25) is 0 Å². The molecule has 0 aliphatic carbocycles. The molecule has 0 unspecified atom stereocenters. The molecule has 5 nitrogen and oxygen atoms in total. The van der Waals surface area contributed by atoms with Crippen LogP contribution in [-0.4, -0.2) is 43.3 Å². The first-order valence-electron chi connectivity index (χ1n) is 5.22. The van der Waals surface area contributed by atoms with Crippen LogP contribution in [0.5, 0.6) is 0 Å². The Balaban J connectivity index is 2.12. The van der Waals surface area contributed by atoms with Gasteiger partial charge in [-0.15, -0.1) is 0 Å². The molecular formula is C10H16N4O. The van der Waals surface area contributed by atoms with Crippen LogP contribution in [0, 0.1) is 0 Å². The number of hydrogen-bond acceptors (Lipinski definition) is 5. The van der Waals surface area contributed by atoms with Crippen molar-refractivity contribution >= 4 is 11.6 Å². The molecule has 5 heteroatoms.